The fourth-order valence-corrected chi connectivity index (χ4v) is 1.71. The molecule has 0 aliphatic rings. The molecule has 0 unspecified atom stereocenters. The summed E-state index contributed by atoms with van der Waals surface area (Å²) in [5.74, 6) is 0. The van der Waals surface area contributed by atoms with Crippen molar-refractivity contribution in [2.75, 3.05) is 0 Å². The Hall–Kier alpha value is -1.24. The number of nitrogens with one attached hydrogen (secondary N) is 2. The van der Waals surface area contributed by atoms with Crippen molar-refractivity contribution in [1.82, 2.24) is 9.97 Å². The summed E-state index contributed by atoms with van der Waals surface area (Å²) in [4.78, 5) is 5.66. The molecule has 0 bridgehead atoms. The van der Waals surface area contributed by atoms with Gasteiger partial charge in [0.15, 0.2) is 0 Å². The highest BCUT2D eigenvalue weighted by atomic mass is 35.5. The van der Waals surface area contributed by atoms with Gasteiger partial charge in [0.25, 0.3) is 10.0 Å². The maximum Gasteiger partial charge on any atom is 0.253 e. The molecule has 0 fully saturated rings. The number of primary sulfonamides is 1. The van der Waals surface area contributed by atoms with Gasteiger partial charge >= 0.3 is 0 Å². The van der Waals surface area contributed by atoms with Crippen molar-refractivity contribution in [3.8, 4) is 11.4 Å². The Balaban J connectivity index is 0.00000112. The molecule has 0 aliphatic carbocycles. The summed E-state index contributed by atoms with van der Waals surface area (Å²) in [7, 11) is -3.64. The Bertz CT molecular complexity index is 530. The molecular weight excluding hydrogens is 238 g/mol. The first-order valence-corrected chi connectivity index (χ1v) is 5.47. The van der Waals surface area contributed by atoms with Crippen molar-refractivity contribution >= 4 is 22.4 Å². The number of hydrogen-bond donors (Lipinski definition) is 3. The summed E-state index contributed by atoms with van der Waals surface area (Å²) in [6.45, 7) is 0. The minimum atomic E-state index is -3.64. The summed E-state index contributed by atoms with van der Waals surface area (Å²) in [5.41, 5.74) is 1.51. The van der Waals surface area contributed by atoms with Gasteiger partial charge in [0, 0.05) is 6.20 Å². The first-order valence-electron chi connectivity index (χ1n) is 3.93. The van der Waals surface area contributed by atoms with Crippen molar-refractivity contribution in [3.05, 3.63) is 30.5 Å². The second-order valence-corrected chi connectivity index (χ2v) is 4.39. The van der Waals surface area contributed by atoms with Gasteiger partial charge in [-0.05, 0) is 24.3 Å². The maximum atomic E-state index is 11.0. The molecule has 0 radical (unpaired) electrons. The van der Waals surface area contributed by atoms with Crippen molar-refractivity contribution in [1.29, 1.82) is 0 Å². The van der Waals surface area contributed by atoms with E-state index >= 15 is 0 Å². The average molecular weight is 248 g/mol. The third kappa shape index (κ3) is 2.41. The van der Waals surface area contributed by atoms with Gasteiger partial charge in [0.05, 0.1) is 11.4 Å². The number of aromatic amines is 2. The van der Waals surface area contributed by atoms with Gasteiger partial charge in [-0.2, -0.15) is 0 Å². The summed E-state index contributed by atoms with van der Waals surface area (Å²) in [6.07, 6.45) is 1.76. The van der Waals surface area contributed by atoms with Gasteiger partial charge in [-0.3, -0.25) is 0 Å². The summed E-state index contributed by atoms with van der Waals surface area (Å²) in [5, 5.41) is 4.97. The molecule has 0 saturated carbocycles. The Morgan fingerprint density at radius 2 is 1.87 bits per heavy atom. The van der Waals surface area contributed by atoms with Crippen LogP contribution in [0.15, 0.2) is 35.5 Å². The number of sulfonamides is 1. The predicted octanol–water partition coefficient (Wildman–Crippen LogP) is 1.08. The van der Waals surface area contributed by atoms with Gasteiger partial charge in [-0.15, -0.1) is 12.4 Å². The predicted molar refractivity (Wildman–Crippen MR) is 59.2 cm³/mol. The van der Waals surface area contributed by atoms with E-state index in [1.165, 1.54) is 6.07 Å². The van der Waals surface area contributed by atoms with E-state index in [0.29, 0.717) is 5.69 Å². The molecule has 0 amide bonds. The van der Waals surface area contributed by atoms with E-state index in [1.54, 1.807) is 12.3 Å². The minimum absolute atomic E-state index is 0. The number of hydrogen-bond acceptors (Lipinski definition) is 2. The lowest BCUT2D eigenvalue weighted by Gasteiger charge is -1.93. The second kappa shape index (κ2) is 4.09. The highest BCUT2D eigenvalue weighted by molar-refractivity contribution is 7.89. The van der Waals surface area contributed by atoms with Crippen LogP contribution in [-0.2, 0) is 10.0 Å². The third-order valence-electron chi connectivity index (χ3n) is 1.85. The number of halogens is 1. The Labute approximate surface area is 93.2 Å². The van der Waals surface area contributed by atoms with Crippen LogP contribution in [0.25, 0.3) is 11.4 Å². The molecule has 0 aliphatic heterocycles. The molecule has 0 aromatic carbocycles. The molecule has 2 aromatic heterocycles. The lowest BCUT2D eigenvalue weighted by atomic mass is 10.3. The van der Waals surface area contributed by atoms with Gasteiger partial charge in [-0.25, -0.2) is 13.6 Å². The van der Waals surface area contributed by atoms with Crippen LogP contribution < -0.4 is 5.14 Å². The van der Waals surface area contributed by atoms with E-state index in [4.69, 9.17) is 5.14 Å². The molecule has 2 rings (SSSR count). The summed E-state index contributed by atoms with van der Waals surface area (Å²) in [6, 6.07) is 6.75. The zero-order valence-electron chi connectivity index (χ0n) is 7.60. The third-order valence-corrected chi connectivity index (χ3v) is 2.71. The van der Waals surface area contributed by atoms with Crippen LogP contribution in [0.5, 0.6) is 0 Å². The van der Waals surface area contributed by atoms with E-state index in [2.05, 4.69) is 9.97 Å². The van der Waals surface area contributed by atoms with Crippen molar-refractivity contribution in [3.63, 3.8) is 0 Å². The van der Waals surface area contributed by atoms with Gasteiger partial charge in [0.2, 0.25) is 0 Å². The monoisotopic (exact) mass is 247 g/mol. The van der Waals surface area contributed by atoms with Crippen LogP contribution in [0.4, 0.5) is 0 Å². The van der Waals surface area contributed by atoms with E-state index in [-0.39, 0.29) is 17.4 Å². The van der Waals surface area contributed by atoms with Gasteiger partial charge in [-0.1, -0.05) is 0 Å². The molecule has 5 nitrogen and oxygen atoms in total. The van der Waals surface area contributed by atoms with E-state index < -0.39 is 10.0 Å². The van der Waals surface area contributed by atoms with Crippen LogP contribution >= 0.6 is 12.4 Å². The SMILES string of the molecule is Cl.NS(=O)(=O)c1ccc(-c2ccc[nH]2)[nH]1. The lowest BCUT2D eigenvalue weighted by Crippen LogP contribution is -2.12. The molecule has 7 heteroatoms. The number of H-pyrrole nitrogens is 2. The van der Waals surface area contributed by atoms with Crippen LogP contribution in [-0.4, -0.2) is 18.4 Å². The fourth-order valence-electron chi connectivity index (χ4n) is 1.20. The van der Waals surface area contributed by atoms with Gasteiger partial charge < -0.3 is 9.97 Å². The van der Waals surface area contributed by atoms with Crippen molar-refractivity contribution < 1.29 is 8.42 Å². The van der Waals surface area contributed by atoms with E-state index in [0.717, 1.165) is 5.69 Å². The van der Waals surface area contributed by atoms with Crippen LogP contribution in [0.3, 0.4) is 0 Å². The Morgan fingerprint density at radius 3 is 2.33 bits per heavy atom. The molecule has 0 atom stereocenters. The summed E-state index contributed by atoms with van der Waals surface area (Å²) >= 11 is 0. The van der Waals surface area contributed by atoms with Crippen LogP contribution in [0.2, 0.25) is 0 Å². The van der Waals surface area contributed by atoms with Crippen molar-refractivity contribution in [2.45, 2.75) is 5.03 Å². The molecule has 0 spiro atoms. The Morgan fingerprint density at radius 1 is 1.13 bits per heavy atom. The highest BCUT2D eigenvalue weighted by Crippen LogP contribution is 2.17. The Kier molecular flexibility index (Phi) is 3.23. The van der Waals surface area contributed by atoms with E-state index in [1.807, 2.05) is 12.1 Å². The topological polar surface area (TPSA) is 91.7 Å². The van der Waals surface area contributed by atoms with Crippen molar-refractivity contribution in [2.24, 2.45) is 5.14 Å². The largest absolute Gasteiger partial charge is 0.360 e. The zero-order valence-corrected chi connectivity index (χ0v) is 9.23. The maximum absolute atomic E-state index is 11.0. The molecule has 4 N–H and O–H groups in total. The summed E-state index contributed by atoms with van der Waals surface area (Å²) < 4.78 is 21.9. The first-order chi connectivity index (χ1) is 6.57. The molecule has 0 saturated heterocycles. The van der Waals surface area contributed by atoms with Crippen LogP contribution in [0, 0.1) is 0 Å². The van der Waals surface area contributed by atoms with E-state index in [9.17, 15) is 8.42 Å². The second-order valence-electron chi connectivity index (χ2n) is 2.87. The lowest BCUT2D eigenvalue weighted by molar-refractivity contribution is 0.595. The molecule has 82 valence electrons. The quantitative estimate of drug-likeness (QED) is 0.741. The molecular formula is C8H10ClN3O2S. The standard InChI is InChI=1S/C8H9N3O2S.ClH/c9-14(12,13)8-4-3-7(11-8)6-2-1-5-10-6;/h1-5,10-11H,(H2,9,12,13);1H. The average Bonchev–Trinajstić information content (AvgIpc) is 2.73. The normalized spacial score (nSPS) is 11.0. The number of rotatable bonds is 2. The minimum Gasteiger partial charge on any atom is -0.360 e. The fraction of sp³-hybridized carbons (Fsp3) is 0. The smallest absolute Gasteiger partial charge is 0.253 e. The zero-order chi connectivity index (χ0) is 10.2. The number of aromatic nitrogens is 2. The molecule has 15 heavy (non-hydrogen) atoms. The molecule has 2 heterocycles. The number of nitrogens with two attached hydrogens (primary N) is 1. The highest BCUT2D eigenvalue weighted by Gasteiger charge is 2.10. The van der Waals surface area contributed by atoms with Crippen LogP contribution in [0.1, 0.15) is 0 Å². The first kappa shape index (κ1) is 11.8. The van der Waals surface area contributed by atoms with Gasteiger partial charge in [0.1, 0.15) is 5.03 Å². The molecule has 2 aromatic rings.